The second kappa shape index (κ2) is 9.73. The van der Waals surface area contributed by atoms with Gasteiger partial charge in [-0.2, -0.15) is 0 Å². The summed E-state index contributed by atoms with van der Waals surface area (Å²) in [6.45, 7) is 2.68. The van der Waals surface area contributed by atoms with Gasteiger partial charge >= 0.3 is 0 Å². The molecule has 33 heavy (non-hydrogen) atoms. The normalized spacial score (nSPS) is 15.3. The van der Waals surface area contributed by atoms with E-state index < -0.39 is 11.9 Å². The van der Waals surface area contributed by atoms with Crippen LogP contribution in [0.5, 0.6) is 11.5 Å². The summed E-state index contributed by atoms with van der Waals surface area (Å²) in [4.78, 5) is 27.4. The number of benzene rings is 3. The van der Waals surface area contributed by atoms with Gasteiger partial charge in [0.2, 0.25) is 0 Å². The number of carbonyl (C=O) groups excluding carboxylic acids is 2. The molecular weight excluding hydrogens is 423 g/mol. The summed E-state index contributed by atoms with van der Waals surface area (Å²) >= 11 is 0. The van der Waals surface area contributed by atoms with Gasteiger partial charge < -0.3 is 19.7 Å². The summed E-state index contributed by atoms with van der Waals surface area (Å²) in [5.74, 6) is 0.541. The van der Waals surface area contributed by atoms with Crippen molar-refractivity contribution in [3.8, 4) is 11.5 Å². The van der Waals surface area contributed by atoms with E-state index in [-0.39, 0.29) is 11.8 Å². The van der Waals surface area contributed by atoms with E-state index in [0.717, 1.165) is 16.9 Å². The smallest absolute Gasteiger partial charge is 0.264 e. The SMILES string of the molecule is CCC1Oc2ccc(NC(=O)c3ccc(F)cc3)cc2CN(Cc2ccc(OC)cc2)C1=O. The van der Waals surface area contributed by atoms with Crippen LogP contribution in [0.1, 0.15) is 34.8 Å². The first-order valence-corrected chi connectivity index (χ1v) is 10.7. The van der Waals surface area contributed by atoms with Gasteiger partial charge in [-0.25, -0.2) is 4.39 Å². The Labute approximate surface area is 191 Å². The molecule has 4 rings (SSSR count). The Bertz CT molecular complexity index is 1150. The largest absolute Gasteiger partial charge is 0.497 e. The van der Waals surface area contributed by atoms with Crippen LogP contribution in [0, 0.1) is 5.82 Å². The summed E-state index contributed by atoms with van der Waals surface area (Å²) in [6, 6.07) is 18.2. The zero-order valence-electron chi connectivity index (χ0n) is 18.5. The van der Waals surface area contributed by atoms with Crippen molar-refractivity contribution in [2.24, 2.45) is 0 Å². The molecule has 1 unspecified atom stereocenters. The lowest BCUT2D eigenvalue weighted by atomic mass is 10.1. The van der Waals surface area contributed by atoms with Crippen molar-refractivity contribution >= 4 is 17.5 Å². The number of nitrogens with one attached hydrogen (secondary N) is 1. The summed E-state index contributed by atoms with van der Waals surface area (Å²) in [5, 5.41) is 2.83. The number of hydrogen-bond acceptors (Lipinski definition) is 4. The third-order valence-corrected chi connectivity index (χ3v) is 5.55. The van der Waals surface area contributed by atoms with Crippen molar-refractivity contribution in [2.45, 2.75) is 32.5 Å². The molecule has 0 aliphatic carbocycles. The van der Waals surface area contributed by atoms with Crippen LogP contribution in [-0.2, 0) is 17.9 Å². The molecule has 0 fully saturated rings. The molecule has 3 aromatic carbocycles. The predicted molar refractivity (Wildman–Crippen MR) is 123 cm³/mol. The van der Waals surface area contributed by atoms with Crippen molar-refractivity contribution in [1.82, 2.24) is 4.90 Å². The van der Waals surface area contributed by atoms with Crippen LogP contribution in [0.3, 0.4) is 0 Å². The second-order valence-electron chi connectivity index (χ2n) is 7.84. The molecule has 2 amide bonds. The molecular formula is C26H25FN2O4. The van der Waals surface area contributed by atoms with Crippen LogP contribution in [0.2, 0.25) is 0 Å². The van der Waals surface area contributed by atoms with Crippen LogP contribution in [0.25, 0.3) is 0 Å². The highest BCUT2D eigenvalue weighted by Crippen LogP contribution is 2.30. The number of halogens is 1. The molecule has 0 radical (unpaired) electrons. The third kappa shape index (κ3) is 5.14. The maximum absolute atomic E-state index is 13.1. The van der Waals surface area contributed by atoms with E-state index in [0.29, 0.717) is 36.5 Å². The quantitative estimate of drug-likeness (QED) is 0.589. The molecule has 1 aliphatic rings. The lowest BCUT2D eigenvalue weighted by molar-refractivity contribution is -0.139. The fourth-order valence-corrected chi connectivity index (χ4v) is 3.73. The molecule has 7 heteroatoms. The minimum absolute atomic E-state index is 0.0820. The molecule has 1 heterocycles. The lowest BCUT2D eigenvalue weighted by Gasteiger charge is -2.23. The molecule has 0 bridgehead atoms. The Hall–Kier alpha value is -3.87. The summed E-state index contributed by atoms with van der Waals surface area (Å²) in [6.07, 6.45) is -0.0374. The van der Waals surface area contributed by atoms with E-state index in [2.05, 4.69) is 5.32 Å². The molecule has 0 spiro atoms. The van der Waals surface area contributed by atoms with Crippen LogP contribution in [0.15, 0.2) is 66.7 Å². The maximum atomic E-state index is 13.1. The Morgan fingerprint density at radius 3 is 2.52 bits per heavy atom. The number of methoxy groups -OCH3 is 1. The molecule has 1 aliphatic heterocycles. The zero-order valence-corrected chi connectivity index (χ0v) is 18.5. The number of carbonyl (C=O) groups is 2. The molecule has 170 valence electrons. The third-order valence-electron chi connectivity index (χ3n) is 5.55. The fraction of sp³-hybridized carbons (Fsp3) is 0.231. The molecule has 3 aromatic rings. The van der Waals surface area contributed by atoms with E-state index in [9.17, 15) is 14.0 Å². The standard InChI is InChI=1S/C26H25FN2O4/c1-3-23-26(31)29(15-17-4-11-22(32-2)12-5-17)16-19-14-21(10-13-24(19)33-23)28-25(30)18-6-8-20(27)9-7-18/h4-14,23H,3,15-16H2,1-2H3,(H,28,30). The Morgan fingerprint density at radius 2 is 1.85 bits per heavy atom. The van der Waals surface area contributed by atoms with Crippen molar-refractivity contribution in [3.05, 3.63) is 89.2 Å². The van der Waals surface area contributed by atoms with Gasteiger partial charge in [0.05, 0.1) is 7.11 Å². The fourth-order valence-electron chi connectivity index (χ4n) is 3.73. The molecule has 1 N–H and O–H groups in total. The van der Waals surface area contributed by atoms with Gasteiger partial charge in [-0.1, -0.05) is 19.1 Å². The summed E-state index contributed by atoms with van der Waals surface area (Å²) in [5.41, 5.74) is 2.69. The molecule has 0 saturated heterocycles. The Balaban J connectivity index is 1.56. The van der Waals surface area contributed by atoms with Crippen molar-refractivity contribution in [2.75, 3.05) is 12.4 Å². The maximum Gasteiger partial charge on any atom is 0.264 e. The minimum Gasteiger partial charge on any atom is -0.497 e. The Morgan fingerprint density at radius 1 is 1.12 bits per heavy atom. The number of nitrogens with zero attached hydrogens (tertiary/aromatic N) is 1. The monoisotopic (exact) mass is 448 g/mol. The van der Waals surface area contributed by atoms with E-state index in [1.807, 2.05) is 37.3 Å². The summed E-state index contributed by atoms with van der Waals surface area (Å²) in [7, 11) is 1.61. The van der Waals surface area contributed by atoms with Crippen molar-refractivity contribution < 1.29 is 23.5 Å². The van der Waals surface area contributed by atoms with Gasteiger partial charge in [-0.15, -0.1) is 0 Å². The average molecular weight is 448 g/mol. The number of fused-ring (bicyclic) bond motifs is 1. The number of ether oxygens (including phenoxy) is 2. The number of anilines is 1. The minimum atomic E-state index is -0.579. The highest BCUT2D eigenvalue weighted by atomic mass is 19.1. The Kier molecular flexibility index (Phi) is 6.58. The van der Waals surface area contributed by atoms with Gasteiger partial charge in [-0.3, -0.25) is 9.59 Å². The zero-order chi connectivity index (χ0) is 23.4. The predicted octanol–water partition coefficient (Wildman–Crippen LogP) is 4.79. The van der Waals surface area contributed by atoms with Crippen molar-refractivity contribution in [3.63, 3.8) is 0 Å². The first kappa shape index (κ1) is 22.3. The topological polar surface area (TPSA) is 67.9 Å². The van der Waals surface area contributed by atoms with E-state index in [1.54, 1.807) is 24.1 Å². The number of amides is 2. The summed E-state index contributed by atoms with van der Waals surface area (Å²) < 4.78 is 24.4. The van der Waals surface area contributed by atoms with Gasteiger partial charge in [0.15, 0.2) is 6.10 Å². The van der Waals surface area contributed by atoms with Crippen LogP contribution >= 0.6 is 0 Å². The van der Waals surface area contributed by atoms with Gasteiger partial charge in [0, 0.05) is 29.9 Å². The molecule has 0 saturated carbocycles. The van der Waals surface area contributed by atoms with Crippen LogP contribution in [-0.4, -0.2) is 29.9 Å². The number of rotatable bonds is 6. The highest BCUT2D eigenvalue weighted by molar-refractivity contribution is 6.04. The lowest BCUT2D eigenvalue weighted by Crippen LogP contribution is -2.38. The van der Waals surface area contributed by atoms with Crippen LogP contribution in [0.4, 0.5) is 10.1 Å². The van der Waals surface area contributed by atoms with Crippen LogP contribution < -0.4 is 14.8 Å². The highest BCUT2D eigenvalue weighted by Gasteiger charge is 2.30. The van der Waals surface area contributed by atoms with Gasteiger partial charge in [0.1, 0.15) is 17.3 Å². The first-order valence-electron chi connectivity index (χ1n) is 10.7. The van der Waals surface area contributed by atoms with E-state index in [4.69, 9.17) is 9.47 Å². The van der Waals surface area contributed by atoms with Gasteiger partial charge in [-0.05, 0) is 66.6 Å². The average Bonchev–Trinajstić information content (AvgIpc) is 2.96. The van der Waals surface area contributed by atoms with E-state index in [1.165, 1.54) is 24.3 Å². The number of hydrogen-bond donors (Lipinski definition) is 1. The van der Waals surface area contributed by atoms with E-state index >= 15 is 0 Å². The first-order chi connectivity index (χ1) is 16.0. The van der Waals surface area contributed by atoms with Crippen molar-refractivity contribution in [1.29, 1.82) is 0 Å². The molecule has 6 nitrogen and oxygen atoms in total. The molecule has 0 aromatic heterocycles. The second-order valence-corrected chi connectivity index (χ2v) is 7.84. The van der Waals surface area contributed by atoms with Gasteiger partial charge in [0.25, 0.3) is 11.8 Å². The molecule has 1 atom stereocenters.